The highest BCUT2D eigenvalue weighted by Crippen LogP contribution is 2.27. The summed E-state index contributed by atoms with van der Waals surface area (Å²) in [6, 6.07) is 18.8. The van der Waals surface area contributed by atoms with Crippen LogP contribution in [0.1, 0.15) is 23.5 Å². The van der Waals surface area contributed by atoms with Gasteiger partial charge in [0, 0.05) is 37.9 Å². The van der Waals surface area contributed by atoms with Gasteiger partial charge in [0.25, 0.3) is 0 Å². The molecule has 1 aliphatic rings. The quantitative estimate of drug-likeness (QED) is 0.697. The van der Waals surface area contributed by atoms with E-state index in [9.17, 15) is 4.79 Å². The normalized spacial score (nSPS) is 17.3. The maximum Gasteiger partial charge on any atom is 0.236 e. The third-order valence-electron chi connectivity index (χ3n) is 5.51. The summed E-state index contributed by atoms with van der Waals surface area (Å²) in [6.45, 7) is 3.06. The number of likely N-dealkylation sites (tertiary alicyclic amines) is 1. The molecule has 0 aliphatic carbocycles. The van der Waals surface area contributed by atoms with Crippen LogP contribution >= 0.6 is 0 Å². The van der Waals surface area contributed by atoms with Gasteiger partial charge in [0.2, 0.25) is 5.91 Å². The number of aromatic nitrogens is 1. The van der Waals surface area contributed by atoms with E-state index in [0.717, 1.165) is 35.8 Å². The number of benzene rings is 2. The molecule has 0 unspecified atom stereocenters. The molecule has 1 aromatic heterocycles. The molecular formula is C23H25N3O. The van der Waals surface area contributed by atoms with Crippen molar-refractivity contribution in [1.29, 1.82) is 0 Å². The van der Waals surface area contributed by atoms with Gasteiger partial charge < -0.3 is 4.90 Å². The molecule has 2 aromatic carbocycles. The highest BCUT2D eigenvalue weighted by molar-refractivity contribution is 5.85. The molecule has 0 spiro atoms. The smallest absolute Gasteiger partial charge is 0.236 e. The maximum absolute atomic E-state index is 12.8. The largest absolute Gasteiger partial charge is 0.340 e. The van der Waals surface area contributed by atoms with Crippen molar-refractivity contribution in [3.05, 3.63) is 78.1 Å². The minimum Gasteiger partial charge on any atom is -0.340 e. The Bertz CT molecular complexity index is 920. The van der Waals surface area contributed by atoms with Gasteiger partial charge in [-0.3, -0.25) is 14.7 Å². The standard InChI is InChI=1S/C23H25N3O/c1-25(15-21-9-5-8-19-14-24-12-10-22(19)21)23(27)17-26-13-11-20(16-26)18-6-3-2-4-7-18/h2-10,12,14,20H,11,13,15-17H2,1H3/t20-/m0/s1. The molecule has 1 amide bonds. The molecule has 0 bridgehead atoms. The van der Waals surface area contributed by atoms with E-state index in [0.29, 0.717) is 19.0 Å². The number of hydrogen-bond donors (Lipinski definition) is 0. The van der Waals surface area contributed by atoms with Crippen LogP contribution in [0, 0.1) is 0 Å². The topological polar surface area (TPSA) is 36.4 Å². The number of fused-ring (bicyclic) bond motifs is 1. The molecular weight excluding hydrogens is 334 g/mol. The summed E-state index contributed by atoms with van der Waals surface area (Å²) in [6.07, 6.45) is 4.80. The summed E-state index contributed by atoms with van der Waals surface area (Å²) in [4.78, 5) is 21.1. The lowest BCUT2D eigenvalue weighted by Gasteiger charge is -2.22. The Morgan fingerprint density at radius 2 is 2.00 bits per heavy atom. The highest BCUT2D eigenvalue weighted by Gasteiger charge is 2.26. The van der Waals surface area contributed by atoms with Crippen LogP contribution in [-0.4, -0.2) is 47.4 Å². The molecule has 1 saturated heterocycles. The van der Waals surface area contributed by atoms with Gasteiger partial charge in [-0.1, -0.05) is 48.5 Å². The Labute approximate surface area is 160 Å². The van der Waals surface area contributed by atoms with Crippen molar-refractivity contribution in [2.75, 3.05) is 26.7 Å². The Balaban J connectivity index is 1.37. The molecule has 4 rings (SSSR count). The number of carbonyl (C=O) groups is 1. The second-order valence-electron chi connectivity index (χ2n) is 7.40. The molecule has 0 radical (unpaired) electrons. The van der Waals surface area contributed by atoms with Gasteiger partial charge in [0.15, 0.2) is 0 Å². The van der Waals surface area contributed by atoms with Crippen molar-refractivity contribution in [3.63, 3.8) is 0 Å². The van der Waals surface area contributed by atoms with Gasteiger partial charge in [0.1, 0.15) is 0 Å². The second kappa shape index (κ2) is 7.89. The van der Waals surface area contributed by atoms with E-state index in [2.05, 4.69) is 52.3 Å². The monoisotopic (exact) mass is 359 g/mol. The fourth-order valence-electron chi connectivity index (χ4n) is 3.96. The summed E-state index contributed by atoms with van der Waals surface area (Å²) in [5.74, 6) is 0.713. The zero-order chi connectivity index (χ0) is 18.6. The fourth-order valence-corrected chi connectivity index (χ4v) is 3.96. The van der Waals surface area contributed by atoms with Gasteiger partial charge >= 0.3 is 0 Å². The molecule has 4 nitrogen and oxygen atoms in total. The number of nitrogens with zero attached hydrogens (tertiary/aromatic N) is 3. The van der Waals surface area contributed by atoms with Crippen LogP contribution < -0.4 is 0 Å². The molecule has 1 atom stereocenters. The number of carbonyl (C=O) groups excluding carboxylic acids is 1. The van der Waals surface area contributed by atoms with E-state index in [-0.39, 0.29) is 5.91 Å². The summed E-state index contributed by atoms with van der Waals surface area (Å²) >= 11 is 0. The van der Waals surface area contributed by atoms with Crippen molar-refractivity contribution in [2.24, 2.45) is 0 Å². The lowest BCUT2D eigenvalue weighted by atomic mass is 9.99. The summed E-state index contributed by atoms with van der Waals surface area (Å²) in [5.41, 5.74) is 2.54. The van der Waals surface area contributed by atoms with E-state index < -0.39 is 0 Å². The maximum atomic E-state index is 12.8. The number of hydrogen-bond acceptors (Lipinski definition) is 3. The first-order valence-corrected chi connectivity index (χ1v) is 9.53. The van der Waals surface area contributed by atoms with E-state index >= 15 is 0 Å². The van der Waals surface area contributed by atoms with E-state index in [1.165, 1.54) is 5.56 Å². The number of amides is 1. The van der Waals surface area contributed by atoms with Gasteiger partial charge in [-0.25, -0.2) is 0 Å². The number of pyridine rings is 1. The Morgan fingerprint density at radius 1 is 1.15 bits per heavy atom. The van der Waals surface area contributed by atoms with Crippen molar-refractivity contribution in [2.45, 2.75) is 18.9 Å². The minimum atomic E-state index is 0.176. The van der Waals surface area contributed by atoms with Gasteiger partial charge in [-0.05, 0) is 41.5 Å². The predicted molar refractivity (Wildman–Crippen MR) is 108 cm³/mol. The average Bonchev–Trinajstić information content (AvgIpc) is 3.17. The predicted octanol–water partition coefficient (Wildman–Crippen LogP) is 3.68. The van der Waals surface area contributed by atoms with Crippen LogP contribution in [-0.2, 0) is 11.3 Å². The SMILES string of the molecule is CN(Cc1cccc2cnccc12)C(=O)CN1CC[C@H](c2ccccc2)C1. The molecule has 1 aliphatic heterocycles. The van der Waals surface area contributed by atoms with Crippen LogP contribution in [0.25, 0.3) is 10.8 Å². The average molecular weight is 359 g/mol. The van der Waals surface area contributed by atoms with Crippen LogP contribution in [0.5, 0.6) is 0 Å². The first kappa shape index (κ1) is 17.7. The lowest BCUT2D eigenvalue weighted by Crippen LogP contribution is -2.37. The third-order valence-corrected chi connectivity index (χ3v) is 5.51. The van der Waals surface area contributed by atoms with Crippen molar-refractivity contribution < 1.29 is 4.79 Å². The minimum absolute atomic E-state index is 0.176. The molecule has 0 N–H and O–H groups in total. The van der Waals surface area contributed by atoms with Gasteiger partial charge in [-0.2, -0.15) is 0 Å². The Hall–Kier alpha value is -2.72. The van der Waals surface area contributed by atoms with E-state index in [1.807, 2.05) is 36.5 Å². The summed E-state index contributed by atoms with van der Waals surface area (Å²) in [5, 5.41) is 2.28. The van der Waals surface area contributed by atoms with E-state index in [1.54, 1.807) is 0 Å². The zero-order valence-electron chi connectivity index (χ0n) is 15.7. The highest BCUT2D eigenvalue weighted by atomic mass is 16.2. The first-order chi connectivity index (χ1) is 13.2. The lowest BCUT2D eigenvalue weighted by molar-refractivity contribution is -0.131. The molecule has 27 heavy (non-hydrogen) atoms. The van der Waals surface area contributed by atoms with Crippen molar-refractivity contribution in [3.8, 4) is 0 Å². The number of likely N-dealkylation sites (N-methyl/N-ethyl adjacent to an activating group) is 1. The molecule has 2 heterocycles. The third kappa shape index (κ3) is 4.01. The molecule has 0 saturated carbocycles. The first-order valence-electron chi connectivity index (χ1n) is 9.53. The Morgan fingerprint density at radius 3 is 2.85 bits per heavy atom. The molecule has 4 heteroatoms. The van der Waals surface area contributed by atoms with Crippen molar-refractivity contribution in [1.82, 2.24) is 14.8 Å². The van der Waals surface area contributed by atoms with Crippen LogP contribution in [0.3, 0.4) is 0 Å². The summed E-state index contributed by atoms with van der Waals surface area (Å²) < 4.78 is 0. The van der Waals surface area contributed by atoms with Crippen LogP contribution in [0.15, 0.2) is 67.0 Å². The second-order valence-corrected chi connectivity index (χ2v) is 7.40. The molecule has 138 valence electrons. The van der Waals surface area contributed by atoms with Crippen molar-refractivity contribution >= 4 is 16.7 Å². The zero-order valence-corrected chi connectivity index (χ0v) is 15.7. The molecule has 1 fully saturated rings. The van der Waals surface area contributed by atoms with Gasteiger partial charge in [0.05, 0.1) is 6.54 Å². The van der Waals surface area contributed by atoms with Crippen LogP contribution in [0.2, 0.25) is 0 Å². The fraction of sp³-hybridized carbons (Fsp3) is 0.304. The summed E-state index contributed by atoms with van der Waals surface area (Å²) in [7, 11) is 1.90. The molecule has 3 aromatic rings. The Kier molecular flexibility index (Phi) is 5.16. The van der Waals surface area contributed by atoms with Gasteiger partial charge in [-0.15, -0.1) is 0 Å². The van der Waals surface area contributed by atoms with Crippen LogP contribution in [0.4, 0.5) is 0 Å². The number of rotatable bonds is 5. The van der Waals surface area contributed by atoms with E-state index in [4.69, 9.17) is 0 Å².